The Labute approximate surface area is 179 Å². The van der Waals surface area contributed by atoms with E-state index in [1.807, 2.05) is 12.3 Å². The summed E-state index contributed by atoms with van der Waals surface area (Å²) in [4.78, 5) is 7.26. The van der Waals surface area contributed by atoms with E-state index in [0.29, 0.717) is 12.1 Å². The largest absolute Gasteiger partial charge is 0.352 e. The van der Waals surface area contributed by atoms with Gasteiger partial charge in [-0.1, -0.05) is 44.6 Å². The van der Waals surface area contributed by atoms with Crippen molar-refractivity contribution in [2.24, 2.45) is 0 Å². The van der Waals surface area contributed by atoms with Crippen LogP contribution in [0, 0.1) is 0 Å². The van der Waals surface area contributed by atoms with Gasteiger partial charge in [0.15, 0.2) is 5.11 Å². The molecule has 0 radical (unpaired) electrons. The first-order valence-electron chi connectivity index (χ1n) is 11.5. The van der Waals surface area contributed by atoms with Gasteiger partial charge >= 0.3 is 0 Å². The maximum absolute atomic E-state index is 5.93. The summed E-state index contributed by atoms with van der Waals surface area (Å²) in [6.45, 7) is 0. The van der Waals surface area contributed by atoms with Crippen molar-refractivity contribution >= 4 is 17.3 Å². The second-order valence-electron chi connectivity index (χ2n) is 8.96. The summed E-state index contributed by atoms with van der Waals surface area (Å²) in [7, 11) is 0. The van der Waals surface area contributed by atoms with Crippen LogP contribution >= 0.6 is 12.2 Å². The molecule has 2 aromatic rings. The Bertz CT molecular complexity index is 820. The lowest BCUT2D eigenvalue weighted by atomic mass is 9.91. The molecule has 2 atom stereocenters. The standard InChI is InChI=1S/C24H32N4S/c29-24-26-22(20-14-7-8-16-25-20)23(28(24)19-12-5-2-6-13-19)21-15-9-17-27(21)18-10-3-1-4-11-18/h7-9,14-19,22-23H,1-6,10-13H2,(H,26,29)/t22-,23+/m0/s1. The van der Waals surface area contributed by atoms with Gasteiger partial charge in [-0.2, -0.15) is 0 Å². The van der Waals surface area contributed by atoms with E-state index in [1.54, 1.807) is 0 Å². The highest BCUT2D eigenvalue weighted by Gasteiger charge is 2.44. The SMILES string of the molecule is S=C1N[C@@H](c2ccccn2)[C@@H](c2cccn2C2CCCCC2)N1C1CCCCC1. The number of nitrogens with zero attached hydrogens (tertiary/aromatic N) is 3. The molecular weight excluding hydrogens is 376 g/mol. The zero-order valence-electron chi connectivity index (χ0n) is 17.2. The average molecular weight is 409 g/mol. The van der Waals surface area contributed by atoms with Gasteiger partial charge in [0.25, 0.3) is 0 Å². The van der Waals surface area contributed by atoms with Gasteiger partial charge in [-0.05, 0) is 62.2 Å². The smallest absolute Gasteiger partial charge is 0.170 e. The molecule has 1 saturated heterocycles. The van der Waals surface area contributed by atoms with Crippen molar-refractivity contribution in [2.75, 3.05) is 0 Å². The van der Waals surface area contributed by atoms with Crippen LogP contribution in [0.25, 0.3) is 0 Å². The van der Waals surface area contributed by atoms with Crippen LogP contribution in [0.2, 0.25) is 0 Å². The quantitative estimate of drug-likeness (QED) is 0.659. The molecule has 3 heterocycles. The van der Waals surface area contributed by atoms with Crippen molar-refractivity contribution in [3.05, 3.63) is 54.1 Å². The molecule has 154 valence electrons. The highest BCUT2D eigenvalue weighted by Crippen LogP contribution is 2.44. The maximum atomic E-state index is 5.93. The highest BCUT2D eigenvalue weighted by molar-refractivity contribution is 7.80. The first-order chi connectivity index (χ1) is 14.3. The Hall–Kier alpha value is -1.88. The van der Waals surface area contributed by atoms with Crippen LogP contribution < -0.4 is 5.32 Å². The van der Waals surface area contributed by atoms with Crippen LogP contribution in [0.5, 0.6) is 0 Å². The molecule has 29 heavy (non-hydrogen) atoms. The minimum atomic E-state index is 0.114. The van der Waals surface area contributed by atoms with E-state index < -0.39 is 0 Å². The van der Waals surface area contributed by atoms with Gasteiger partial charge in [-0.3, -0.25) is 4.98 Å². The summed E-state index contributed by atoms with van der Waals surface area (Å²) in [5.41, 5.74) is 2.50. The summed E-state index contributed by atoms with van der Waals surface area (Å²) >= 11 is 5.93. The summed E-state index contributed by atoms with van der Waals surface area (Å²) in [5.74, 6) is 0. The third-order valence-electron chi connectivity index (χ3n) is 7.19. The van der Waals surface area contributed by atoms with Crippen molar-refractivity contribution in [3.63, 3.8) is 0 Å². The van der Waals surface area contributed by atoms with Crippen molar-refractivity contribution < 1.29 is 0 Å². The lowest BCUT2D eigenvalue weighted by Gasteiger charge is -2.38. The Morgan fingerprint density at radius 1 is 0.862 bits per heavy atom. The molecule has 5 heteroatoms. The van der Waals surface area contributed by atoms with Crippen molar-refractivity contribution in [1.29, 1.82) is 0 Å². The summed E-state index contributed by atoms with van der Waals surface area (Å²) in [6.07, 6.45) is 17.4. The van der Waals surface area contributed by atoms with Gasteiger partial charge in [0.1, 0.15) is 0 Å². The van der Waals surface area contributed by atoms with Crippen LogP contribution in [0.4, 0.5) is 0 Å². The molecule has 2 aromatic heterocycles. The molecular formula is C24H32N4S. The second kappa shape index (κ2) is 8.47. The number of rotatable bonds is 4. The van der Waals surface area contributed by atoms with E-state index in [1.165, 1.54) is 69.9 Å². The predicted octanol–water partition coefficient (Wildman–Crippen LogP) is 5.69. The van der Waals surface area contributed by atoms with Gasteiger partial charge in [0, 0.05) is 30.2 Å². The number of hydrogen-bond acceptors (Lipinski definition) is 2. The van der Waals surface area contributed by atoms with E-state index in [9.17, 15) is 0 Å². The highest BCUT2D eigenvalue weighted by atomic mass is 32.1. The number of hydrogen-bond donors (Lipinski definition) is 1. The Morgan fingerprint density at radius 2 is 1.59 bits per heavy atom. The Balaban J connectivity index is 1.55. The maximum Gasteiger partial charge on any atom is 0.170 e. The Kier molecular flexibility index (Phi) is 5.58. The molecule has 0 spiro atoms. The van der Waals surface area contributed by atoms with E-state index >= 15 is 0 Å². The fourth-order valence-electron chi connectivity index (χ4n) is 5.78. The normalized spacial score (nSPS) is 26.6. The second-order valence-corrected chi connectivity index (χ2v) is 9.34. The third kappa shape index (κ3) is 3.70. The fourth-order valence-corrected chi connectivity index (χ4v) is 6.17. The number of pyridine rings is 1. The van der Waals surface area contributed by atoms with Crippen LogP contribution in [0.15, 0.2) is 42.7 Å². The van der Waals surface area contributed by atoms with Gasteiger partial charge in [-0.15, -0.1) is 0 Å². The monoisotopic (exact) mass is 408 g/mol. The molecule has 0 bridgehead atoms. The first kappa shape index (κ1) is 19.1. The predicted molar refractivity (Wildman–Crippen MR) is 121 cm³/mol. The van der Waals surface area contributed by atoms with Crippen molar-refractivity contribution in [1.82, 2.24) is 19.8 Å². The lowest BCUT2D eigenvalue weighted by Crippen LogP contribution is -2.41. The minimum Gasteiger partial charge on any atom is -0.352 e. The van der Waals surface area contributed by atoms with Gasteiger partial charge in [0.2, 0.25) is 0 Å². The molecule has 1 N–H and O–H groups in total. The lowest BCUT2D eigenvalue weighted by molar-refractivity contribution is 0.187. The molecule has 0 unspecified atom stereocenters. The van der Waals surface area contributed by atoms with Crippen LogP contribution in [0.3, 0.4) is 0 Å². The molecule has 2 saturated carbocycles. The van der Waals surface area contributed by atoms with Gasteiger partial charge < -0.3 is 14.8 Å². The van der Waals surface area contributed by atoms with Crippen molar-refractivity contribution in [3.8, 4) is 0 Å². The molecule has 4 nitrogen and oxygen atoms in total. The summed E-state index contributed by atoms with van der Waals surface area (Å²) in [5, 5.41) is 4.58. The first-order valence-corrected chi connectivity index (χ1v) is 11.9. The topological polar surface area (TPSA) is 33.1 Å². The zero-order valence-corrected chi connectivity index (χ0v) is 18.0. The van der Waals surface area contributed by atoms with E-state index in [0.717, 1.165) is 10.8 Å². The molecule has 1 aliphatic heterocycles. The molecule has 3 aliphatic rings. The fraction of sp³-hybridized carbons (Fsp3) is 0.583. The molecule has 0 aromatic carbocycles. The summed E-state index contributed by atoms with van der Waals surface area (Å²) in [6, 6.07) is 12.3. The van der Waals surface area contributed by atoms with Crippen LogP contribution in [-0.4, -0.2) is 25.6 Å². The zero-order chi connectivity index (χ0) is 19.6. The molecule has 0 amide bonds. The number of nitrogens with one attached hydrogen (secondary N) is 1. The van der Waals surface area contributed by atoms with Crippen LogP contribution in [0.1, 0.15) is 93.7 Å². The van der Waals surface area contributed by atoms with E-state index in [2.05, 4.69) is 45.2 Å². The average Bonchev–Trinajstić information content (AvgIpc) is 3.40. The van der Waals surface area contributed by atoms with Gasteiger partial charge in [0.05, 0.1) is 17.8 Å². The number of aromatic nitrogens is 2. The van der Waals surface area contributed by atoms with E-state index in [4.69, 9.17) is 17.2 Å². The van der Waals surface area contributed by atoms with Gasteiger partial charge in [-0.25, -0.2) is 0 Å². The molecule has 2 aliphatic carbocycles. The number of thiocarbonyl (C=S) groups is 1. The Morgan fingerprint density at radius 3 is 2.28 bits per heavy atom. The molecule has 3 fully saturated rings. The summed E-state index contributed by atoms with van der Waals surface area (Å²) < 4.78 is 2.57. The third-order valence-corrected chi connectivity index (χ3v) is 7.51. The molecule has 5 rings (SSSR count). The van der Waals surface area contributed by atoms with Crippen molar-refractivity contribution in [2.45, 2.75) is 88.4 Å². The minimum absolute atomic E-state index is 0.114. The van der Waals surface area contributed by atoms with E-state index in [-0.39, 0.29) is 12.1 Å². The van der Waals surface area contributed by atoms with Crippen LogP contribution in [-0.2, 0) is 0 Å².